The minimum Gasteiger partial charge on any atom is -0.370 e. The van der Waals surface area contributed by atoms with Gasteiger partial charge in [0.25, 0.3) is 0 Å². The Bertz CT molecular complexity index is 566. The number of hydrogen-bond acceptors (Lipinski definition) is 4. The molecule has 1 aliphatic rings. The molecule has 0 spiro atoms. The van der Waals surface area contributed by atoms with Gasteiger partial charge in [0, 0.05) is 0 Å². The quantitative estimate of drug-likeness (QED) is 0.669. The largest absolute Gasteiger partial charge is 0.370 e. The Labute approximate surface area is 86.6 Å². The van der Waals surface area contributed by atoms with Gasteiger partial charge in [-0.2, -0.15) is 0 Å². The average Bonchev–Trinajstić information content (AvgIpc) is 2.53. The molecule has 0 fully saturated rings. The van der Waals surface area contributed by atoms with Crippen LogP contribution in [0.25, 0.3) is 11.0 Å². The SMILES string of the molecule is Cc1ccc2c(c1)nc1n2CN=C(N)N1. The number of aromatic nitrogens is 2. The van der Waals surface area contributed by atoms with Crippen LogP contribution in [0.2, 0.25) is 0 Å². The second-order valence-corrected chi connectivity index (χ2v) is 3.67. The molecule has 2 aromatic rings. The van der Waals surface area contributed by atoms with Crippen LogP contribution in [-0.4, -0.2) is 15.5 Å². The number of nitrogens with one attached hydrogen (secondary N) is 1. The smallest absolute Gasteiger partial charge is 0.212 e. The van der Waals surface area contributed by atoms with Crippen LogP contribution < -0.4 is 11.1 Å². The molecule has 76 valence electrons. The molecule has 0 saturated carbocycles. The van der Waals surface area contributed by atoms with Crippen molar-refractivity contribution in [1.29, 1.82) is 0 Å². The number of anilines is 1. The minimum atomic E-state index is 0.425. The summed E-state index contributed by atoms with van der Waals surface area (Å²) in [6.45, 7) is 2.59. The van der Waals surface area contributed by atoms with Crippen molar-refractivity contribution in [3.8, 4) is 0 Å². The Balaban J connectivity index is 2.26. The highest BCUT2D eigenvalue weighted by Gasteiger charge is 2.14. The van der Waals surface area contributed by atoms with Crippen LogP contribution in [-0.2, 0) is 6.67 Å². The van der Waals surface area contributed by atoms with Crippen molar-refractivity contribution in [2.24, 2.45) is 10.7 Å². The lowest BCUT2D eigenvalue weighted by atomic mass is 10.2. The number of nitrogens with zero attached hydrogens (tertiary/aromatic N) is 3. The minimum absolute atomic E-state index is 0.425. The standard InChI is InChI=1S/C10H11N5/c1-6-2-3-8-7(4-6)13-10-14-9(11)12-5-15(8)10/h2-4H,5H2,1H3,(H3,11,12,13,14). The van der Waals surface area contributed by atoms with Crippen LogP contribution in [0.1, 0.15) is 5.56 Å². The van der Waals surface area contributed by atoms with E-state index in [2.05, 4.69) is 40.4 Å². The molecule has 2 heterocycles. The molecule has 3 rings (SSSR count). The molecule has 0 amide bonds. The number of benzene rings is 1. The first-order valence-corrected chi connectivity index (χ1v) is 4.78. The molecule has 0 radical (unpaired) electrons. The van der Waals surface area contributed by atoms with Gasteiger partial charge in [0.05, 0.1) is 11.0 Å². The Morgan fingerprint density at radius 3 is 3.20 bits per heavy atom. The summed E-state index contributed by atoms with van der Waals surface area (Å²) in [6.07, 6.45) is 0. The fraction of sp³-hybridized carbons (Fsp3) is 0.200. The molecule has 0 bridgehead atoms. The number of fused-ring (bicyclic) bond motifs is 3. The van der Waals surface area contributed by atoms with Gasteiger partial charge in [0.15, 0.2) is 5.96 Å². The first-order valence-electron chi connectivity index (χ1n) is 4.78. The number of nitrogens with two attached hydrogens (primary N) is 1. The van der Waals surface area contributed by atoms with Gasteiger partial charge in [-0.25, -0.2) is 9.98 Å². The van der Waals surface area contributed by atoms with Crippen LogP contribution >= 0.6 is 0 Å². The maximum Gasteiger partial charge on any atom is 0.212 e. The third kappa shape index (κ3) is 1.16. The molecule has 0 aliphatic carbocycles. The molecule has 1 aromatic heterocycles. The second kappa shape index (κ2) is 2.73. The summed E-state index contributed by atoms with van der Waals surface area (Å²) in [4.78, 5) is 8.58. The van der Waals surface area contributed by atoms with Gasteiger partial charge >= 0.3 is 0 Å². The summed E-state index contributed by atoms with van der Waals surface area (Å²) in [5, 5.41) is 2.95. The van der Waals surface area contributed by atoms with Crippen molar-refractivity contribution in [2.45, 2.75) is 13.6 Å². The third-order valence-corrected chi connectivity index (χ3v) is 2.53. The van der Waals surface area contributed by atoms with Crippen LogP contribution in [0.5, 0.6) is 0 Å². The van der Waals surface area contributed by atoms with Crippen molar-refractivity contribution in [3.63, 3.8) is 0 Å². The number of aryl methyl sites for hydroxylation is 1. The first kappa shape index (κ1) is 8.28. The fourth-order valence-corrected chi connectivity index (χ4v) is 1.78. The molecule has 1 aromatic carbocycles. The van der Waals surface area contributed by atoms with Crippen LogP contribution in [0.15, 0.2) is 23.2 Å². The maximum absolute atomic E-state index is 5.59. The van der Waals surface area contributed by atoms with Crippen molar-refractivity contribution in [3.05, 3.63) is 23.8 Å². The van der Waals surface area contributed by atoms with E-state index in [9.17, 15) is 0 Å². The highest BCUT2D eigenvalue weighted by atomic mass is 15.3. The predicted octanol–water partition coefficient (Wildman–Crippen LogP) is 1.04. The summed E-state index contributed by atoms with van der Waals surface area (Å²) in [6, 6.07) is 6.18. The summed E-state index contributed by atoms with van der Waals surface area (Å²) in [5.41, 5.74) is 8.84. The Morgan fingerprint density at radius 1 is 1.47 bits per heavy atom. The lowest BCUT2D eigenvalue weighted by Crippen LogP contribution is -2.28. The molecule has 0 unspecified atom stereocenters. The van der Waals surface area contributed by atoms with E-state index in [-0.39, 0.29) is 0 Å². The highest BCUT2D eigenvalue weighted by Crippen LogP contribution is 2.22. The molecular formula is C10H11N5. The highest BCUT2D eigenvalue weighted by molar-refractivity contribution is 5.94. The van der Waals surface area contributed by atoms with E-state index < -0.39 is 0 Å². The lowest BCUT2D eigenvalue weighted by Gasteiger charge is -2.13. The zero-order chi connectivity index (χ0) is 10.4. The Hall–Kier alpha value is -2.04. The number of rotatable bonds is 0. The monoisotopic (exact) mass is 201 g/mol. The first-order chi connectivity index (χ1) is 7.24. The van der Waals surface area contributed by atoms with Crippen LogP contribution in [0, 0.1) is 6.92 Å². The number of hydrogen-bond donors (Lipinski definition) is 2. The molecular weight excluding hydrogens is 190 g/mol. The van der Waals surface area contributed by atoms with E-state index in [4.69, 9.17) is 5.73 Å². The van der Waals surface area contributed by atoms with E-state index in [1.54, 1.807) is 0 Å². The van der Waals surface area contributed by atoms with Gasteiger partial charge in [0.1, 0.15) is 6.67 Å². The normalized spacial score (nSPS) is 14.6. The van der Waals surface area contributed by atoms with Gasteiger partial charge in [-0.1, -0.05) is 6.07 Å². The van der Waals surface area contributed by atoms with Crippen LogP contribution in [0.3, 0.4) is 0 Å². The fourth-order valence-electron chi connectivity index (χ4n) is 1.78. The average molecular weight is 201 g/mol. The molecule has 1 aliphatic heterocycles. The molecule has 15 heavy (non-hydrogen) atoms. The summed E-state index contributed by atoms with van der Waals surface area (Å²) in [7, 11) is 0. The summed E-state index contributed by atoms with van der Waals surface area (Å²) in [5.74, 6) is 1.19. The van der Waals surface area contributed by atoms with Gasteiger partial charge in [-0.05, 0) is 24.6 Å². The van der Waals surface area contributed by atoms with E-state index in [1.807, 2.05) is 4.57 Å². The van der Waals surface area contributed by atoms with E-state index in [0.29, 0.717) is 12.6 Å². The number of guanidine groups is 1. The molecule has 5 nitrogen and oxygen atoms in total. The van der Waals surface area contributed by atoms with Crippen LogP contribution in [0.4, 0.5) is 5.95 Å². The number of imidazole rings is 1. The second-order valence-electron chi connectivity index (χ2n) is 3.67. The Kier molecular flexibility index (Phi) is 1.50. The Morgan fingerprint density at radius 2 is 2.33 bits per heavy atom. The maximum atomic E-state index is 5.59. The van der Waals surface area contributed by atoms with Crippen molar-refractivity contribution < 1.29 is 0 Å². The third-order valence-electron chi connectivity index (χ3n) is 2.53. The van der Waals surface area contributed by atoms with Crippen molar-refractivity contribution in [1.82, 2.24) is 9.55 Å². The molecule has 3 N–H and O–H groups in total. The molecule has 5 heteroatoms. The summed E-state index contributed by atoms with van der Waals surface area (Å²) < 4.78 is 2.01. The lowest BCUT2D eigenvalue weighted by molar-refractivity contribution is 0.749. The van der Waals surface area contributed by atoms with E-state index in [1.165, 1.54) is 5.56 Å². The van der Waals surface area contributed by atoms with Gasteiger partial charge in [-0.3, -0.25) is 9.88 Å². The van der Waals surface area contributed by atoms with Gasteiger partial charge in [-0.15, -0.1) is 0 Å². The topological polar surface area (TPSA) is 68.2 Å². The number of aliphatic imine (C=N–C) groups is 1. The molecule has 0 atom stereocenters. The molecule has 0 saturated heterocycles. The van der Waals surface area contributed by atoms with Gasteiger partial charge < -0.3 is 5.73 Å². The zero-order valence-corrected chi connectivity index (χ0v) is 8.36. The van der Waals surface area contributed by atoms with E-state index in [0.717, 1.165) is 17.0 Å². The zero-order valence-electron chi connectivity index (χ0n) is 8.36. The van der Waals surface area contributed by atoms with Crippen molar-refractivity contribution >= 4 is 22.9 Å². The van der Waals surface area contributed by atoms with Gasteiger partial charge in [0.2, 0.25) is 5.95 Å². The van der Waals surface area contributed by atoms with E-state index >= 15 is 0 Å². The predicted molar refractivity (Wildman–Crippen MR) is 59.7 cm³/mol. The summed E-state index contributed by atoms with van der Waals surface area (Å²) >= 11 is 0. The van der Waals surface area contributed by atoms with Crippen molar-refractivity contribution in [2.75, 3.05) is 5.32 Å².